The summed E-state index contributed by atoms with van der Waals surface area (Å²) in [5, 5.41) is 5.60. The Hall–Kier alpha value is -2.49. The zero-order chi connectivity index (χ0) is 23.5. The van der Waals surface area contributed by atoms with Crippen molar-refractivity contribution < 1.29 is 21.6 Å². The van der Waals surface area contributed by atoms with E-state index in [1.807, 2.05) is 0 Å². The number of nitrogens with zero attached hydrogens (tertiary/aromatic N) is 2. The molecule has 12 heteroatoms. The lowest BCUT2D eigenvalue weighted by molar-refractivity contribution is -0.118. The molecule has 0 aliphatic heterocycles. The molecule has 168 valence electrons. The first-order chi connectivity index (χ1) is 15.0. The third kappa shape index (κ3) is 5.65. The van der Waals surface area contributed by atoms with Crippen LogP contribution in [0.1, 0.15) is 12.8 Å². The fraction of sp³-hybridized carbons (Fsp3) is 0.200. The molecule has 1 heterocycles. The Bertz CT molecular complexity index is 1500. The van der Waals surface area contributed by atoms with Gasteiger partial charge in [-0.05, 0) is 48.9 Å². The van der Waals surface area contributed by atoms with Crippen molar-refractivity contribution >= 4 is 58.9 Å². The molecule has 2 N–H and O–H groups in total. The van der Waals surface area contributed by atoms with Gasteiger partial charge in [-0.15, -0.1) is 6.42 Å². The number of primary sulfonamides is 1. The first kappa shape index (κ1) is 24.2. The number of hydrogen-bond acceptors (Lipinski definition) is 6. The topological polar surface area (TPSA) is 129 Å². The second-order valence-corrected chi connectivity index (χ2v) is 11.8. The number of fused-ring (bicyclic) bond motifs is 1. The fourth-order valence-electron chi connectivity index (χ4n) is 2.90. The number of sulfone groups is 1. The molecule has 8 nitrogen and oxygen atoms in total. The number of aromatic nitrogens is 1. The number of terminal acetylenes is 1. The molecule has 2 aromatic carbocycles. The zero-order valence-corrected chi connectivity index (χ0v) is 19.8. The van der Waals surface area contributed by atoms with Gasteiger partial charge in [0.25, 0.3) is 0 Å². The summed E-state index contributed by atoms with van der Waals surface area (Å²) in [6.07, 6.45) is 5.42. The van der Waals surface area contributed by atoms with E-state index in [0.29, 0.717) is 15.2 Å². The minimum absolute atomic E-state index is 0.0654. The minimum Gasteiger partial charge on any atom is -0.305 e. The summed E-state index contributed by atoms with van der Waals surface area (Å²) in [5.41, 5.74) is 0.609. The lowest BCUT2D eigenvalue weighted by Gasteiger charge is -2.03. The molecule has 0 saturated carbocycles. The molecule has 0 atom stereocenters. The second kappa shape index (κ2) is 9.56. The number of amides is 1. The minimum atomic E-state index is -3.89. The molecule has 0 saturated heterocycles. The van der Waals surface area contributed by atoms with Crippen LogP contribution in [0.15, 0.2) is 57.2 Å². The molecule has 0 bridgehead atoms. The van der Waals surface area contributed by atoms with Crippen LogP contribution in [-0.2, 0) is 31.2 Å². The molecule has 0 aliphatic carbocycles. The van der Waals surface area contributed by atoms with Gasteiger partial charge in [-0.2, -0.15) is 4.99 Å². The predicted octanol–water partition coefficient (Wildman–Crippen LogP) is 2.32. The number of halogens is 1. The number of hydrogen-bond donors (Lipinski definition) is 1. The van der Waals surface area contributed by atoms with Gasteiger partial charge in [0.2, 0.25) is 15.9 Å². The van der Waals surface area contributed by atoms with E-state index in [4.69, 9.17) is 23.2 Å². The first-order valence-electron chi connectivity index (χ1n) is 9.17. The highest BCUT2D eigenvalue weighted by molar-refractivity contribution is 7.91. The maximum Gasteiger partial charge on any atom is 0.248 e. The van der Waals surface area contributed by atoms with Crippen molar-refractivity contribution in [3.05, 3.63) is 52.3 Å². The largest absolute Gasteiger partial charge is 0.305 e. The lowest BCUT2D eigenvalue weighted by atomic mass is 10.3. The monoisotopic (exact) mass is 511 g/mol. The van der Waals surface area contributed by atoms with Gasteiger partial charge in [0, 0.05) is 11.4 Å². The van der Waals surface area contributed by atoms with Gasteiger partial charge in [-0.25, -0.2) is 22.0 Å². The molecule has 1 amide bonds. The number of benzene rings is 2. The van der Waals surface area contributed by atoms with Gasteiger partial charge in [0.05, 0.1) is 32.3 Å². The van der Waals surface area contributed by atoms with Gasteiger partial charge in [0.15, 0.2) is 14.6 Å². The second-order valence-electron chi connectivity index (χ2n) is 6.73. The molecule has 1 aromatic heterocycles. The summed E-state index contributed by atoms with van der Waals surface area (Å²) in [5.74, 6) is 1.74. The number of carbonyl (C=O) groups is 1. The van der Waals surface area contributed by atoms with E-state index in [0.717, 1.165) is 11.3 Å². The SMILES string of the molecule is C#CCn1c(=NC(=O)CCCS(=O)(=O)c2ccc(Cl)cc2)sc2cc(S(N)(=O)=O)ccc21. The fourth-order valence-corrected chi connectivity index (χ4v) is 6.03. The molecule has 0 unspecified atom stereocenters. The third-order valence-corrected chi connectivity index (χ3v) is 8.45. The molecule has 32 heavy (non-hydrogen) atoms. The molecule has 3 aromatic rings. The van der Waals surface area contributed by atoms with Crippen LogP contribution >= 0.6 is 22.9 Å². The molecule has 3 rings (SSSR count). The number of sulfonamides is 1. The molecule has 0 spiro atoms. The average molecular weight is 512 g/mol. The lowest BCUT2D eigenvalue weighted by Crippen LogP contribution is -2.17. The number of nitrogens with two attached hydrogens (primary N) is 1. The van der Waals surface area contributed by atoms with Gasteiger partial charge in [0.1, 0.15) is 0 Å². The number of rotatable bonds is 7. The summed E-state index contributed by atoms with van der Waals surface area (Å²) in [7, 11) is -7.44. The highest BCUT2D eigenvalue weighted by Crippen LogP contribution is 2.21. The maximum absolute atomic E-state index is 12.4. The molecule has 0 fully saturated rings. The Labute approximate surface area is 194 Å². The van der Waals surface area contributed by atoms with Crippen LogP contribution in [-0.4, -0.2) is 33.1 Å². The smallest absolute Gasteiger partial charge is 0.248 e. The summed E-state index contributed by atoms with van der Waals surface area (Å²) in [4.78, 5) is 16.8. The van der Waals surface area contributed by atoms with Crippen molar-refractivity contribution in [1.82, 2.24) is 4.57 Å². The first-order valence-corrected chi connectivity index (χ1v) is 13.6. The quantitative estimate of drug-likeness (QED) is 0.487. The van der Waals surface area contributed by atoms with E-state index in [9.17, 15) is 21.6 Å². The highest BCUT2D eigenvalue weighted by Gasteiger charge is 2.16. The van der Waals surface area contributed by atoms with Crippen molar-refractivity contribution in [2.75, 3.05) is 5.75 Å². The summed E-state index contributed by atoms with van der Waals surface area (Å²) < 4.78 is 50.1. The Balaban J connectivity index is 1.81. The summed E-state index contributed by atoms with van der Waals surface area (Å²) in [6, 6.07) is 10.1. The van der Waals surface area contributed by atoms with Crippen LogP contribution in [0.3, 0.4) is 0 Å². The average Bonchev–Trinajstić information content (AvgIpc) is 3.04. The van der Waals surface area contributed by atoms with E-state index in [1.54, 1.807) is 10.6 Å². The van der Waals surface area contributed by atoms with Crippen molar-refractivity contribution in [3.63, 3.8) is 0 Å². The Morgan fingerprint density at radius 2 is 1.78 bits per heavy atom. The van der Waals surface area contributed by atoms with E-state index >= 15 is 0 Å². The number of carbonyl (C=O) groups excluding carboxylic acids is 1. The Morgan fingerprint density at radius 3 is 2.41 bits per heavy atom. The number of thiazole rings is 1. The normalized spacial score (nSPS) is 12.7. The van der Waals surface area contributed by atoms with Gasteiger partial charge < -0.3 is 4.57 Å². The third-order valence-electron chi connectivity index (χ3n) is 4.43. The van der Waals surface area contributed by atoms with Crippen molar-refractivity contribution in [2.24, 2.45) is 10.1 Å². The summed E-state index contributed by atoms with van der Waals surface area (Å²) in [6.45, 7) is 0.117. The van der Waals surface area contributed by atoms with Gasteiger partial charge in [-0.1, -0.05) is 28.9 Å². The van der Waals surface area contributed by atoms with Crippen molar-refractivity contribution in [1.29, 1.82) is 0 Å². The molecule has 0 aliphatic rings. The van der Waals surface area contributed by atoms with Crippen molar-refractivity contribution in [3.8, 4) is 12.3 Å². The van der Waals surface area contributed by atoms with E-state index in [1.165, 1.54) is 36.4 Å². The molecule has 0 radical (unpaired) electrons. The van der Waals surface area contributed by atoms with E-state index in [2.05, 4.69) is 10.9 Å². The Morgan fingerprint density at radius 1 is 1.12 bits per heavy atom. The van der Waals surface area contributed by atoms with Crippen LogP contribution in [0.5, 0.6) is 0 Å². The summed E-state index contributed by atoms with van der Waals surface area (Å²) >= 11 is 6.87. The van der Waals surface area contributed by atoms with Gasteiger partial charge in [-0.3, -0.25) is 4.79 Å². The Kier molecular flexibility index (Phi) is 7.22. The van der Waals surface area contributed by atoms with Crippen LogP contribution in [0, 0.1) is 12.3 Å². The predicted molar refractivity (Wildman–Crippen MR) is 123 cm³/mol. The van der Waals surface area contributed by atoms with Crippen LogP contribution < -0.4 is 9.94 Å². The standard InChI is InChI=1S/C20H18ClN3O5S3/c1-2-11-24-17-10-9-16(32(22,28)29)13-18(17)30-20(24)23-19(25)4-3-12-31(26,27)15-7-5-14(21)6-8-15/h1,5-10,13H,3-4,11-12H2,(H2,22,28,29). The molecular weight excluding hydrogens is 494 g/mol. The molecular formula is C20H18ClN3O5S3. The van der Waals surface area contributed by atoms with E-state index in [-0.39, 0.29) is 39.7 Å². The highest BCUT2D eigenvalue weighted by atomic mass is 35.5. The van der Waals surface area contributed by atoms with Gasteiger partial charge >= 0.3 is 0 Å². The van der Waals surface area contributed by atoms with Crippen LogP contribution in [0.4, 0.5) is 0 Å². The maximum atomic E-state index is 12.4. The van der Waals surface area contributed by atoms with Crippen LogP contribution in [0.2, 0.25) is 5.02 Å². The zero-order valence-electron chi connectivity index (χ0n) is 16.6. The van der Waals surface area contributed by atoms with E-state index < -0.39 is 25.8 Å². The van der Waals surface area contributed by atoms with Crippen molar-refractivity contribution in [2.45, 2.75) is 29.2 Å². The van der Waals surface area contributed by atoms with Crippen LogP contribution in [0.25, 0.3) is 10.2 Å².